The first-order valence-electron chi connectivity index (χ1n) is 19.3. The second-order valence-electron chi connectivity index (χ2n) is 15.7. The molecule has 6 N–H and O–H groups in total. The predicted molar refractivity (Wildman–Crippen MR) is 203 cm³/mol. The van der Waals surface area contributed by atoms with Crippen LogP contribution in [0, 0.1) is 41.4 Å². The van der Waals surface area contributed by atoms with Crippen LogP contribution in [0.3, 0.4) is 0 Å². The van der Waals surface area contributed by atoms with E-state index in [4.69, 9.17) is 19.9 Å². The number of fused-ring (bicyclic) bond motifs is 2. The number of esters is 2. The number of aromatic hydroxyl groups is 1. The number of ether oxygens (including phenoxy) is 3. The van der Waals surface area contributed by atoms with Gasteiger partial charge in [0.1, 0.15) is 24.6 Å². The molecule has 0 radical (unpaired) electrons. The number of anilines is 1. The van der Waals surface area contributed by atoms with Crippen molar-refractivity contribution in [1.82, 2.24) is 9.97 Å². The number of nitrogen functional groups attached to an aromatic ring is 1. The van der Waals surface area contributed by atoms with Gasteiger partial charge < -0.3 is 40.2 Å². The summed E-state index contributed by atoms with van der Waals surface area (Å²) in [7, 11) is 0. The molecule has 2 saturated carbocycles. The van der Waals surface area contributed by atoms with Gasteiger partial charge in [-0.1, -0.05) is 13.8 Å². The molecule has 11 heteroatoms. The van der Waals surface area contributed by atoms with E-state index in [0.29, 0.717) is 54.7 Å². The van der Waals surface area contributed by atoms with Crippen molar-refractivity contribution in [2.24, 2.45) is 41.4 Å². The second-order valence-corrected chi connectivity index (χ2v) is 15.7. The van der Waals surface area contributed by atoms with Crippen molar-refractivity contribution in [2.75, 3.05) is 25.6 Å². The molecule has 2 bridgehead atoms. The number of aliphatic hydroxyl groups excluding tert-OH is 2. The lowest BCUT2D eigenvalue weighted by Gasteiger charge is -2.48. The lowest BCUT2D eigenvalue weighted by Crippen LogP contribution is -2.42. The van der Waals surface area contributed by atoms with Gasteiger partial charge >= 0.3 is 11.9 Å². The Morgan fingerprint density at radius 1 is 1.00 bits per heavy atom. The molecule has 2 heterocycles. The highest BCUT2D eigenvalue weighted by molar-refractivity contribution is 5.72. The average molecular weight is 734 g/mol. The van der Waals surface area contributed by atoms with Crippen LogP contribution in [0.1, 0.15) is 83.9 Å². The van der Waals surface area contributed by atoms with Crippen LogP contribution in [-0.4, -0.2) is 69.3 Å². The first kappa shape index (κ1) is 40.1. The molecule has 290 valence electrons. The fourth-order valence-electron chi connectivity index (χ4n) is 9.34. The smallest absolute Gasteiger partial charge is 0.302 e. The van der Waals surface area contributed by atoms with E-state index in [2.05, 4.69) is 35.9 Å². The third-order valence-corrected chi connectivity index (χ3v) is 11.6. The molecule has 11 nitrogen and oxygen atoms in total. The topological polar surface area (TPSA) is 177 Å². The molecule has 3 aromatic rings. The zero-order chi connectivity index (χ0) is 38.1. The van der Waals surface area contributed by atoms with Crippen LogP contribution < -0.4 is 10.5 Å². The van der Waals surface area contributed by atoms with Crippen molar-refractivity contribution in [3.8, 4) is 22.6 Å². The van der Waals surface area contributed by atoms with E-state index in [1.54, 1.807) is 30.5 Å². The number of pyridine rings is 1. The molecule has 0 aliphatic heterocycles. The molecular weight excluding hydrogens is 674 g/mol. The number of carbonyl (C=O) groups is 2. The number of nitrogens with two attached hydrogens (primary N) is 1. The van der Waals surface area contributed by atoms with Crippen molar-refractivity contribution in [1.29, 1.82) is 0 Å². The molecule has 53 heavy (non-hydrogen) atoms. The van der Waals surface area contributed by atoms with Crippen LogP contribution in [0.25, 0.3) is 11.1 Å². The summed E-state index contributed by atoms with van der Waals surface area (Å²) in [6.07, 6.45) is 9.45. The van der Waals surface area contributed by atoms with Gasteiger partial charge in [0.2, 0.25) is 0 Å². The summed E-state index contributed by atoms with van der Waals surface area (Å²) in [5.41, 5.74) is 9.56. The maximum atomic E-state index is 12.7. The number of aryl methyl sites for hydroxylation is 1. The van der Waals surface area contributed by atoms with Crippen LogP contribution in [-0.2, 0) is 31.9 Å². The normalized spacial score (nSPS) is 24.1. The van der Waals surface area contributed by atoms with Crippen molar-refractivity contribution < 1.29 is 39.1 Å². The molecule has 0 spiro atoms. The number of hydrogen-bond acceptors (Lipinski definition) is 10. The molecule has 5 rings (SSSR count). The largest absolute Gasteiger partial charge is 0.504 e. The molecule has 1 aromatic carbocycles. The Morgan fingerprint density at radius 3 is 2.45 bits per heavy atom. The lowest BCUT2D eigenvalue weighted by molar-refractivity contribution is -0.157. The Bertz CT molecular complexity index is 1630. The van der Waals surface area contributed by atoms with Crippen LogP contribution in [0.2, 0.25) is 0 Å². The number of aliphatic hydroxyl groups is 2. The van der Waals surface area contributed by atoms with E-state index >= 15 is 0 Å². The number of phenolic OH excluding ortho intramolecular Hbond substituents is 1. The molecule has 8 unspecified atom stereocenters. The first-order chi connectivity index (χ1) is 25.4. The molecule has 0 amide bonds. The fourth-order valence-corrected chi connectivity index (χ4v) is 9.34. The van der Waals surface area contributed by atoms with E-state index in [0.717, 1.165) is 55.2 Å². The van der Waals surface area contributed by atoms with E-state index < -0.39 is 18.2 Å². The van der Waals surface area contributed by atoms with E-state index in [1.807, 2.05) is 6.20 Å². The van der Waals surface area contributed by atoms with Crippen LogP contribution >= 0.6 is 0 Å². The Kier molecular flexibility index (Phi) is 14.2. The summed E-state index contributed by atoms with van der Waals surface area (Å²) in [5, 5.41) is 30.8. The zero-order valence-electron chi connectivity index (χ0n) is 31.7. The fraction of sp³-hybridized carbons (Fsp3) is 0.595. The summed E-state index contributed by atoms with van der Waals surface area (Å²) in [6.45, 7) is 7.32. The van der Waals surface area contributed by atoms with Gasteiger partial charge in [0.15, 0.2) is 11.5 Å². The SMILES string of the molecule is CC(=O)OC(CCc1cc(OCCO)c(O)cc1-c1ccnc(N)c1)CC(OC(C)=O)C1CC(CO)CC2CC(C1)C(C(C)C)CC2Cc1ccc[nH]1. The number of hydrogen-bond donors (Lipinski definition) is 5. The third-order valence-electron chi connectivity index (χ3n) is 11.6. The summed E-state index contributed by atoms with van der Waals surface area (Å²) in [4.78, 5) is 32.7. The molecule has 2 aliphatic rings. The highest BCUT2D eigenvalue weighted by Crippen LogP contribution is 2.50. The van der Waals surface area contributed by atoms with Gasteiger partial charge in [-0.15, -0.1) is 0 Å². The highest BCUT2D eigenvalue weighted by atomic mass is 16.6. The third kappa shape index (κ3) is 11.0. The van der Waals surface area contributed by atoms with Gasteiger partial charge in [0.25, 0.3) is 0 Å². The van der Waals surface area contributed by atoms with Gasteiger partial charge in [0.05, 0.1) is 6.61 Å². The van der Waals surface area contributed by atoms with Crippen molar-refractivity contribution in [3.05, 3.63) is 60.0 Å². The second kappa shape index (κ2) is 18.8. The summed E-state index contributed by atoms with van der Waals surface area (Å²) < 4.78 is 17.7. The summed E-state index contributed by atoms with van der Waals surface area (Å²) in [5.74, 6) is 2.28. The van der Waals surface area contributed by atoms with Gasteiger partial charge in [-0.3, -0.25) is 9.59 Å². The van der Waals surface area contributed by atoms with Crippen molar-refractivity contribution >= 4 is 17.8 Å². The van der Waals surface area contributed by atoms with E-state index in [9.17, 15) is 24.9 Å². The number of nitrogens with one attached hydrogen (secondary N) is 1. The maximum absolute atomic E-state index is 12.7. The van der Waals surface area contributed by atoms with Gasteiger partial charge in [-0.2, -0.15) is 0 Å². The molecule has 2 fully saturated rings. The highest BCUT2D eigenvalue weighted by Gasteiger charge is 2.44. The number of nitrogens with zero attached hydrogens (tertiary/aromatic N) is 1. The molecular formula is C42H59N3O8. The number of benzene rings is 1. The number of phenols is 1. The van der Waals surface area contributed by atoms with Crippen LogP contribution in [0.5, 0.6) is 11.5 Å². The van der Waals surface area contributed by atoms with Gasteiger partial charge in [0, 0.05) is 45.0 Å². The first-order valence-corrected chi connectivity index (χ1v) is 19.3. The lowest BCUT2D eigenvalue weighted by atomic mass is 9.58. The number of rotatable bonds is 16. The van der Waals surface area contributed by atoms with Gasteiger partial charge in [-0.25, -0.2) is 4.98 Å². The molecule has 2 aromatic heterocycles. The maximum Gasteiger partial charge on any atom is 0.302 e. The standard InChI is InChI=1S/C42H59N3O8/c1-25(2)37-19-32(18-35-6-5-10-44-35)31-14-28(24-47)15-34(17-33(37)16-31)40(53-27(4)49)22-36(52-26(3)48)8-7-29-20-41(51-13-12-46)39(50)23-38(29)30-9-11-45-42(43)21-30/h5-6,9-11,20-21,23,25,28,31-34,36-37,40,44,46-47,50H,7-8,12-19,22,24H2,1-4H3,(H2,43,45). The quantitative estimate of drug-likeness (QED) is 0.102. The minimum Gasteiger partial charge on any atom is -0.504 e. The predicted octanol–water partition coefficient (Wildman–Crippen LogP) is 6.49. The van der Waals surface area contributed by atoms with Crippen molar-refractivity contribution in [3.63, 3.8) is 0 Å². The number of aromatic amines is 1. The molecule has 8 atom stereocenters. The minimum absolute atomic E-state index is 0.0104. The number of H-pyrrole nitrogens is 1. The number of aromatic nitrogens is 2. The number of carbonyl (C=O) groups excluding carboxylic acids is 2. The average Bonchev–Trinajstić information content (AvgIpc) is 3.61. The van der Waals surface area contributed by atoms with Crippen LogP contribution in [0.4, 0.5) is 5.82 Å². The van der Waals surface area contributed by atoms with E-state index in [-0.39, 0.29) is 49.1 Å². The van der Waals surface area contributed by atoms with Crippen molar-refractivity contribution in [2.45, 2.75) is 97.7 Å². The Hall–Kier alpha value is -4.09. The van der Waals surface area contributed by atoms with Crippen LogP contribution in [0.15, 0.2) is 48.8 Å². The monoisotopic (exact) mass is 733 g/mol. The van der Waals surface area contributed by atoms with E-state index in [1.165, 1.54) is 19.5 Å². The molecule has 0 saturated heterocycles. The molecule has 2 aliphatic carbocycles. The minimum atomic E-state index is -0.578. The zero-order valence-corrected chi connectivity index (χ0v) is 31.7. The summed E-state index contributed by atoms with van der Waals surface area (Å²) >= 11 is 0. The Labute approximate surface area is 313 Å². The Morgan fingerprint density at radius 2 is 1.79 bits per heavy atom. The van der Waals surface area contributed by atoms with Gasteiger partial charge in [-0.05, 0) is 146 Å². The summed E-state index contributed by atoms with van der Waals surface area (Å²) in [6, 6.07) is 11.1. The Balaban J connectivity index is 1.40.